The van der Waals surface area contributed by atoms with Gasteiger partial charge in [0.2, 0.25) is 0 Å². The molecular formula is C11H21NO3. The Bertz CT molecular complexity index is 224. The summed E-state index contributed by atoms with van der Waals surface area (Å²) in [5.74, 6) is -0.496. The van der Waals surface area contributed by atoms with Crippen LogP contribution in [0.5, 0.6) is 0 Å². The highest BCUT2D eigenvalue weighted by Gasteiger charge is 2.18. The molecule has 0 radical (unpaired) electrons. The van der Waals surface area contributed by atoms with Gasteiger partial charge in [-0.1, -0.05) is 6.92 Å². The molecule has 0 aromatic heterocycles. The normalized spacial score (nSPS) is 13.0. The van der Waals surface area contributed by atoms with Crippen LogP contribution in [0.25, 0.3) is 0 Å². The largest absolute Gasteiger partial charge is 0.463 e. The quantitative estimate of drug-likeness (QED) is 0.622. The predicted octanol–water partition coefficient (Wildman–Crippen LogP) is 1.09. The van der Waals surface area contributed by atoms with E-state index < -0.39 is 0 Å². The number of rotatable bonds is 6. The molecule has 0 amide bonds. The lowest BCUT2D eigenvalue weighted by molar-refractivity contribution is -0.149. The number of carbonyl (C=O) groups is 2. The SMILES string of the molecule is CC(C)OC(=O)CC(C)C(=O)CN(C)C. The number of Topliss-reactive ketones (excluding diaryl/α,β-unsaturated/α-hetero) is 1. The molecule has 0 bridgehead atoms. The van der Waals surface area contributed by atoms with Crippen LogP contribution in [0.3, 0.4) is 0 Å². The number of hydrogen-bond acceptors (Lipinski definition) is 4. The van der Waals surface area contributed by atoms with Crippen molar-refractivity contribution in [3.63, 3.8) is 0 Å². The molecule has 0 spiro atoms. The van der Waals surface area contributed by atoms with E-state index in [4.69, 9.17) is 4.74 Å². The molecule has 0 fully saturated rings. The number of carbonyl (C=O) groups excluding carboxylic acids is 2. The van der Waals surface area contributed by atoms with Gasteiger partial charge in [0, 0.05) is 5.92 Å². The Morgan fingerprint density at radius 1 is 1.20 bits per heavy atom. The lowest BCUT2D eigenvalue weighted by Gasteiger charge is -2.14. The molecular weight excluding hydrogens is 194 g/mol. The Labute approximate surface area is 91.6 Å². The Balaban J connectivity index is 3.96. The van der Waals surface area contributed by atoms with Gasteiger partial charge < -0.3 is 9.64 Å². The first-order valence-electron chi connectivity index (χ1n) is 5.19. The van der Waals surface area contributed by atoms with Crippen molar-refractivity contribution in [3.05, 3.63) is 0 Å². The van der Waals surface area contributed by atoms with Crippen molar-refractivity contribution in [2.24, 2.45) is 5.92 Å². The minimum atomic E-state index is -0.301. The highest BCUT2D eigenvalue weighted by atomic mass is 16.5. The summed E-state index contributed by atoms with van der Waals surface area (Å²) in [5.41, 5.74) is 0. The van der Waals surface area contributed by atoms with Crippen LogP contribution in [0.2, 0.25) is 0 Å². The van der Waals surface area contributed by atoms with E-state index in [1.165, 1.54) is 0 Å². The summed E-state index contributed by atoms with van der Waals surface area (Å²) in [6.45, 7) is 5.72. The zero-order valence-electron chi connectivity index (χ0n) is 10.2. The molecule has 0 heterocycles. The van der Waals surface area contributed by atoms with Gasteiger partial charge in [-0.25, -0.2) is 0 Å². The molecule has 0 aliphatic carbocycles. The van der Waals surface area contributed by atoms with Gasteiger partial charge >= 0.3 is 5.97 Å². The third-order valence-corrected chi connectivity index (χ3v) is 1.86. The van der Waals surface area contributed by atoms with Crippen LogP contribution in [-0.2, 0) is 14.3 Å². The first-order valence-corrected chi connectivity index (χ1v) is 5.19. The molecule has 0 saturated heterocycles. The fourth-order valence-electron chi connectivity index (χ4n) is 1.14. The average Bonchev–Trinajstić information content (AvgIpc) is 2.00. The van der Waals surface area contributed by atoms with E-state index in [-0.39, 0.29) is 30.2 Å². The van der Waals surface area contributed by atoms with Crippen molar-refractivity contribution in [3.8, 4) is 0 Å². The van der Waals surface area contributed by atoms with Gasteiger partial charge in [0.1, 0.15) is 5.78 Å². The Hall–Kier alpha value is -0.900. The molecule has 0 aromatic carbocycles. The summed E-state index contributed by atoms with van der Waals surface area (Å²) >= 11 is 0. The number of likely N-dealkylation sites (N-methyl/N-ethyl adjacent to an activating group) is 1. The second kappa shape index (κ2) is 6.56. The molecule has 1 atom stereocenters. The number of ketones is 1. The van der Waals surface area contributed by atoms with Crippen LogP contribution in [-0.4, -0.2) is 43.4 Å². The van der Waals surface area contributed by atoms with Crippen LogP contribution >= 0.6 is 0 Å². The van der Waals surface area contributed by atoms with Gasteiger partial charge in [0.15, 0.2) is 0 Å². The maximum atomic E-state index is 11.5. The van der Waals surface area contributed by atoms with Gasteiger partial charge in [-0.15, -0.1) is 0 Å². The smallest absolute Gasteiger partial charge is 0.306 e. The van der Waals surface area contributed by atoms with E-state index in [1.54, 1.807) is 25.7 Å². The van der Waals surface area contributed by atoms with Crippen LogP contribution in [0, 0.1) is 5.92 Å². The van der Waals surface area contributed by atoms with Crippen molar-refractivity contribution >= 4 is 11.8 Å². The van der Waals surface area contributed by atoms with Crippen molar-refractivity contribution in [1.82, 2.24) is 4.90 Å². The summed E-state index contributed by atoms with van der Waals surface area (Å²) in [6.07, 6.45) is 0.0545. The van der Waals surface area contributed by atoms with Gasteiger partial charge in [0.05, 0.1) is 19.1 Å². The highest BCUT2D eigenvalue weighted by Crippen LogP contribution is 2.06. The molecule has 0 aliphatic heterocycles. The Kier molecular flexibility index (Phi) is 6.17. The average molecular weight is 215 g/mol. The van der Waals surface area contributed by atoms with Crippen LogP contribution < -0.4 is 0 Å². The summed E-state index contributed by atoms with van der Waals surface area (Å²) < 4.78 is 4.97. The van der Waals surface area contributed by atoms with E-state index in [0.717, 1.165) is 0 Å². The Morgan fingerprint density at radius 2 is 1.73 bits per heavy atom. The zero-order valence-corrected chi connectivity index (χ0v) is 10.2. The van der Waals surface area contributed by atoms with Crippen molar-refractivity contribution in [2.75, 3.05) is 20.6 Å². The fourth-order valence-corrected chi connectivity index (χ4v) is 1.14. The third kappa shape index (κ3) is 7.08. The molecule has 15 heavy (non-hydrogen) atoms. The van der Waals surface area contributed by atoms with Crippen molar-refractivity contribution < 1.29 is 14.3 Å². The molecule has 4 heteroatoms. The van der Waals surface area contributed by atoms with Crippen LogP contribution in [0.4, 0.5) is 0 Å². The molecule has 4 nitrogen and oxygen atoms in total. The summed E-state index contributed by atoms with van der Waals surface area (Å²) in [4.78, 5) is 24.6. The standard InChI is InChI=1S/C11H21NO3/c1-8(2)15-11(14)6-9(3)10(13)7-12(4)5/h8-9H,6-7H2,1-5H3. The number of hydrogen-bond donors (Lipinski definition) is 0. The predicted molar refractivity (Wildman–Crippen MR) is 58.6 cm³/mol. The number of esters is 1. The fraction of sp³-hybridized carbons (Fsp3) is 0.818. The van der Waals surface area contributed by atoms with Crippen molar-refractivity contribution in [1.29, 1.82) is 0 Å². The molecule has 88 valence electrons. The highest BCUT2D eigenvalue weighted by molar-refractivity contribution is 5.86. The van der Waals surface area contributed by atoms with Gasteiger partial charge in [0.25, 0.3) is 0 Å². The van der Waals surface area contributed by atoms with E-state index in [2.05, 4.69) is 0 Å². The van der Waals surface area contributed by atoms with Gasteiger partial charge in [-0.3, -0.25) is 9.59 Å². The first kappa shape index (κ1) is 14.1. The maximum absolute atomic E-state index is 11.5. The number of nitrogens with zero attached hydrogens (tertiary/aromatic N) is 1. The molecule has 0 aromatic rings. The molecule has 1 unspecified atom stereocenters. The maximum Gasteiger partial charge on any atom is 0.306 e. The molecule has 0 N–H and O–H groups in total. The van der Waals surface area contributed by atoms with Crippen LogP contribution in [0.1, 0.15) is 27.2 Å². The third-order valence-electron chi connectivity index (χ3n) is 1.86. The number of ether oxygens (including phenoxy) is 1. The Morgan fingerprint density at radius 3 is 2.13 bits per heavy atom. The van der Waals surface area contributed by atoms with Gasteiger partial charge in [-0.2, -0.15) is 0 Å². The van der Waals surface area contributed by atoms with Crippen LogP contribution in [0.15, 0.2) is 0 Å². The minimum absolute atomic E-state index is 0.0701. The van der Waals surface area contributed by atoms with Crippen molar-refractivity contribution in [2.45, 2.75) is 33.3 Å². The zero-order chi connectivity index (χ0) is 12.0. The summed E-state index contributed by atoms with van der Waals surface area (Å²) in [7, 11) is 3.66. The van der Waals surface area contributed by atoms with E-state index in [1.807, 2.05) is 14.1 Å². The molecule has 0 rings (SSSR count). The lowest BCUT2D eigenvalue weighted by Crippen LogP contribution is -2.28. The van der Waals surface area contributed by atoms with E-state index in [0.29, 0.717) is 6.54 Å². The second-order valence-electron chi connectivity index (χ2n) is 4.35. The lowest BCUT2D eigenvalue weighted by atomic mass is 10.0. The topological polar surface area (TPSA) is 46.6 Å². The molecule has 0 aliphatic rings. The second-order valence-corrected chi connectivity index (χ2v) is 4.35. The first-order chi connectivity index (χ1) is 6.82. The van der Waals surface area contributed by atoms with Gasteiger partial charge in [-0.05, 0) is 27.9 Å². The van der Waals surface area contributed by atoms with E-state index >= 15 is 0 Å². The van der Waals surface area contributed by atoms with E-state index in [9.17, 15) is 9.59 Å². The minimum Gasteiger partial charge on any atom is -0.463 e. The summed E-state index contributed by atoms with van der Waals surface area (Å²) in [5, 5.41) is 0. The monoisotopic (exact) mass is 215 g/mol. The summed E-state index contributed by atoms with van der Waals surface area (Å²) in [6, 6.07) is 0. The molecule has 0 saturated carbocycles.